The van der Waals surface area contributed by atoms with Gasteiger partial charge in [0.05, 0.1) is 11.4 Å². The van der Waals surface area contributed by atoms with E-state index in [1.807, 2.05) is 6.92 Å². The van der Waals surface area contributed by atoms with Crippen molar-refractivity contribution in [1.29, 1.82) is 0 Å². The molecule has 0 spiro atoms. The van der Waals surface area contributed by atoms with Gasteiger partial charge in [0.25, 0.3) is 10.1 Å². The molecule has 0 aromatic rings. The normalized spacial score (nSPS) is 14.3. The fraction of sp³-hybridized carbons (Fsp3) is 1.00. The molecule has 2 unspecified atom stereocenters. The Morgan fingerprint density at radius 2 is 0.964 bits per heavy atom. The summed E-state index contributed by atoms with van der Waals surface area (Å²) in [5.41, 5.74) is 0. The summed E-state index contributed by atoms with van der Waals surface area (Å²) in [5.74, 6) is 0. The minimum atomic E-state index is -3.85. The lowest BCUT2D eigenvalue weighted by Crippen LogP contribution is -2.19. The van der Waals surface area contributed by atoms with Crippen molar-refractivity contribution in [2.45, 2.75) is 147 Å². The van der Waals surface area contributed by atoms with Gasteiger partial charge in [0, 0.05) is 0 Å². The van der Waals surface area contributed by atoms with E-state index in [0.717, 1.165) is 38.5 Å². The van der Waals surface area contributed by atoms with E-state index in [4.69, 9.17) is 4.55 Å². The molecule has 0 aromatic heterocycles. The van der Waals surface area contributed by atoms with Crippen LogP contribution < -0.4 is 0 Å². The summed E-state index contributed by atoms with van der Waals surface area (Å²) in [6.45, 7) is 4.03. The molecule has 0 saturated heterocycles. The number of hydrogen-bond donors (Lipinski definition) is 2. The fourth-order valence-electron chi connectivity index (χ4n) is 3.86. The third-order valence-electron chi connectivity index (χ3n) is 5.83. The van der Waals surface area contributed by atoms with Crippen LogP contribution in [0, 0.1) is 0 Å². The van der Waals surface area contributed by atoms with Crippen molar-refractivity contribution in [3.05, 3.63) is 0 Å². The van der Waals surface area contributed by atoms with Gasteiger partial charge in [0.1, 0.15) is 0 Å². The van der Waals surface area contributed by atoms with E-state index in [2.05, 4.69) is 6.92 Å². The van der Waals surface area contributed by atoms with E-state index in [1.165, 1.54) is 70.6 Å². The highest BCUT2D eigenvalue weighted by molar-refractivity contribution is 7.86. The molecule has 0 aliphatic heterocycles. The first-order valence-electron chi connectivity index (χ1n) is 12.1. The molecular weight excluding hydrogens is 372 g/mol. The second-order valence-corrected chi connectivity index (χ2v) is 10.2. The molecule has 28 heavy (non-hydrogen) atoms. The molecule has 0 fully saturated rings. The molecule has 2 atom stereocenters. The van der Waals surface area contributed by atoms with Crippen molar-refractivity contribution in [1.82, 2.24) is 0 Å². The molecule has 0 aliphatic carbocycles. The molecule has 0 amide bonds. The molecule has 0 saturated carbocycles. The summed E-state index contributed by atoms with van der Waals surface area (Å²) in [4.78, 5) is 0. The second kappa shape index (κ2) is 18.9. The molecule has 5 heteroatoms. The monoisotopic (exact) mass is 420 g/mol. The Bertz CT molecular complexity index is 422. The van der Waals surface area contributed by atoms with Crippen LogP contribution in [0.15, 0.2) is 0 Å². The Morgan fingerprint density at radius 3 is 1.32 bits per heavy atom. The maximum Gasteiger partial charge on any atom is 0.267 e. The lowest BCUT2D eigenvalue weighted by atomic mass is 10.0. The van der Waals surface area contributed by atoms with Gasteiger partial charge in [-0.15, -0.1) is 0 Å². The van der Waals surface area contributed by atoms with Crippen LogP contribution in [0.1, 0.15) is 136 Å². The maximum absolute atomic E-state index is 11.1. The third kappa shape index (κ3) is 17.9. The average molecular weight is 421 g/mol. The highest BCUT2D eigenvalue weighted by Crippen LogP contribution is 2.17. The van der Waals surface area contributed by atoms with Crippen molar-refractivity contribution < 1.29 is 18.1 Å². The third-order valence-corrected chi connectivity index (χ3v) is 7.24. The number of aliphatic hydroxyl groups is 1. The Kier molecular flexibility index (Phi) is 18.8. The first-order valence-corrected chi connectivity index (χ1v) is 13.6. The molecule has 0 aromatic carbocycles. The summed E-state index contributed by atoms with van der Waals surface area (Å²) in [6.07, 6.45) is 21.2. The van der Waals surface area contributed by atoms with Crippen LogP contribution in [0.3, 0.4) is 0 Å². The first-order chi connectivity index (χ1) is 13.4. The van der Waals surface area contributed by atoms with E-state index in [0.29, 0.717) is 12.8 Å². The smallest absolute Gasteiger partial charge is 0.267 e. The number of unbranched alkanes of at least 4 members (excludes halogenated alkanes) is 13. The van der Waals surface area contributed by atoms with Crippen molar-refractivity contribution in [3.8, 4) is 0 Å². The molecule has 0 bridgehead atoms. The first kappa shape index (κ1) is 27.9. The largest absolute Gasteiger partial charge is 0.393 e. The highest BCUT2D eigenvalue weighted by atomic mass is 32.2. The standard InChI is InChI=1S/C23H48O4S/c1-3-5-6-16-19-22(24)20-17-14-12-10-8-7-9-11-13-15-18-21-23(4-2)28(25,26)27/h22-24H,3-21H2,1-2H3,(H,25,26,27). The van der Waals surface area contributed by atoms with Crippen LogP contribution in [-0.2, 0) is 10.1 Å². The lowest BCUT2D eigenvalue weighted by molar-refractivity contribution is 0.147. The minimum Gasteiger partial charge on any atom is -0.393 e. The maximum atomic E-state index is 11.1. The van der Waals surface area contributed by atoms with E-state index in [1.54, 1.807) is 0 Å². The number of aliphatic hydroxyl groups excluding tert-OH is 1. The Labute approximate surface area is 175 Å². The van der Waals surface area contributed by atoms with Gasteiger partial charge in [-0.25, -0.2) is 0 Å². The Balaban J connectivity index is 3.29. The molecule has 0 rings (SSSR count). The van der Waals surface area contributed by atoms with Crippen LogP contribution >= 0.6 is 0 Å². The fourth-order valence-corrected chi connectivity index (χ4v) is 4.74. The molecular formula is C23H48O4S. The second-order valence-electron chi connectivity index (χ2n) is 8.51. The quantitative estimate of drug-likeness (QED) is 0.154. The van der Waals surface area contributed by atoms with Gasteiger partial charge in [-0.05, 0) is 25.7 Å². The van der Waals surface area contributed by atoms with Crippen molar-refractivity contribution in [2.24, 2.45) is 0 Å². The highest BCUT2D eigenvalue weighted by Gasteiger charge is 2.19. The number of rotatable bonds is 21. The summed E-state index contributed by atoms with van der Waals surface area (Å²) in [6, 6.07) is 0. The molecule has 4 nitrogen and oxygen atoms in total. The van der Waals surface area contributed by atoms with Gasteiger partial charge in [0.15, 0.2) is 0 Å². The van der Waals surface area contributed by atoms with Crippen molar-refractivity contribution in [2.75, 3.05) is 0 Å². The summed E-state index contributed by atoms with van der Waals surface area (Å²) >= 11 is 0. The number of hydrogen-bond acceptors (Lipinski definition) is 3. The lowest BCUT2D eigenvalue weighted by Gasteiger charge is -2.10. The summed E-state index contributed by atoms with van der Waals surface area (Å²) in [5, 5.41) is 9.38. The van der Waals surface area contributed by atoms with Crippen molar-refractivity contribution in [3.63, 3.8) is 0 Å². The Hall–Kier alpha value is -0.130. The Morgan fingerprint density at radius 1 is 0.607 bits per heavy atom. The van der Waals surface area contributed by atoms with E-state index in [-0.39, 0.29) is 6.10 Å². The van der Waals surface area contributed by atoms with Crippen LogP contribution in [0.25, 0.3) is 0 Å². The van der Waals surface area contributed by atoms with Crippen LogP contribution in [0.2, 0.25) is 0 Å². The molecule has 0 aliphatic rings. The van der Waals surface area contributed by atoms with E-state index in [9.17, 15) is 13.5 Å². The molecule has 0 radical (unpaired) electrons. The van der Waals surface area contributed by atoms with E-state index < -0.39 is 15.4 Å². The predicted molar refractivity (Wildman–Crippen MR) is 120 cm³/mol. The zero-order valence-electron chi connectivity index (χ0n) is 18.7. The molecule has 2 N–H and O–H groups in total. The molecule has 170 valence electrons. The van der Waals surface area contributed by atoms with Gasteiger partial charge in [-0.1, -0.05) is 110 Å². The van der Waals surface area contributed by atoms with Crippen LogP contribution in [0.5, 0.6) is 0 Å². The van der Waals surface area contributed by atoms with Crippen molar-refractivity contribution >= 4 is 10.1 Å². The molecule has 0 heterocycles. The average Bonchev–Trinajstić information content (AvgIpc) is 2.64. The van der Waals surface area contributed by atoms with Gasteiger partial charge >= 0.3 is 0 Å². The van der Waals surface area contributed by atoms with Crippen LogP contribution in [0.4, 0.5) is 0 Å². The minimum absolute atomic E-state index is 0.0815. The topological polar surface area (TPSA) is 74.6 Å². The van der Waals surface area contributed by atoms with Gasteiger partial charge < -0.3 is 5.11 Å². The van der Waals surface area contributed by atoms with Gasteiger partial charge in [-0.3, -0.25) is 4.55 Å². The zero-order chi connectivity index (χ0) is 21.1. The van der Waals surface area contributed by atoms with Gasteiger partial charge in [-0.2, -0.15) is 8.42 Å². The SMILES string of the molecule is CCCCCCC(O)CCCCCCCCCCCCCC(CC)S(=O)(=O)O. The summed E-state index contributed by atoms with van der Waals surface area (Å²) < 4.78 is 31.4. The zero-order valence-corrected chi connectivity index (χ0v) is 19.5. The van der Waals surface area contributed by atoms with E-state index >= 15 is 0 Å². The van der Waals surface area contributed by atoms with Gasteiger partial charge in [0.2, 0.25) is 0 Å². The summed E-state index contributed by atoms with van der Waals surface area (Å²) in [7, 11) is -3.85. The predicted octanol–water partition coefficient (Wildman–Crippen LogP) is 7.06. The van der Waals surface area contributed by atoms with Crippen LogP contribution in [-0.4, -0.2) is 29.4 Å².